The Bertz CT molecular complexity index is 792. The molecule has 0 radical (unpaired) electrons. The van der Waals surface area contributed by atoms with E-state index in [1.807, 2.05) is 11.4 Å². The largest absolute Gasteiger partial charge is 0.493 e. The third-order valence-electron chi connectivity index (χ3n) is 4.08. The maximum Gasteiger partial charge on any atom is 0.279 e. The number of thiophene rings is 1. The normalized spacial score (nSPS) is 11.7. The zero-order valence-corrected chi connectivity index (χ0v) is 16.7. The summed E-state index contributed by atoms with van der Waals surface area (Å²) < 4.78 is 10.8. The van der Waals surface area contributed by atoms with Crippen LogP contribution in [0.4, 0.5) is 5.69 Å². The average molecular weight is 408 g/mol. The molecule has 0 saturated heterocycles. The van der Waals surface area contributed by atoms with Crippen molar-refractivity contribution in [2.24, 2.45) is 0 Å². The Morgan fingerprint density at radius 2 is 2.18 bits per heavy atom. The quantitative estimate of drug-likeness (QED) is 0.335. The minimum absolute atomic E-state index is 0.0683. The summed E-state index contributed by atoms with van der Waals surface area (Å²) in [6, 6.07) is 4.66. The van der Waals surface area contributed by atoms with Crippen molar-refractivity contribution in [3.8, 4) is 11.5 Å². The van der Waals surface area contributed by atoms with Gasteiger partial charge in [0.1, 0.15) is 0 Å². The molecule has 0 aliphatic rings. The van der Waals surface area contributed by atoms with E-state index in [2.05, 4.69) is 10.7 Å². The van der Waals surface area contributed by atoms with Crippen LogP contribution >= 0.6 is 11.3 Å². The topological polar surface area (TPSA) is 111 Å². The van der Waals surface area contributed by atoms with Crippen molar-refractivity contribution in [2.45, 2.75) is 32.3 Å². The highest BCUT2D eigenvalue weighted by atomic mass is 32.1. The fourth-order valence-electron chi connectivity index (χ4n) is 2.61. The molecule has 28 heavy (non-hydrogen) atoms. The van der Waals surface area contributed by atoms with Gasteiger partial charge in [-0.3, -0.25) is 14.9 Å². The predicted molar refractivity (Wildman–Crippen MR) is 106 cm³/mol. The first-order chi connectivity index (χ1) is 13.4. The fraction of sp³-hybridized carbons (Fsp3) is 0.421. The first-order valence-electron chi connectivity index (χ1n) is 8.87. The van der Waals surface area contributed by atoms with Crippen LogP contribution in [-0.4, -0.2) is 36.2 Å². The highest BCUT2D eigenvalue weighted by Gasteiger charge is 2.22. The summed E-state index contributed by atoms with van der Waals surface area (Å²) in [5, 5.41) is 27.9. The number of methoxy groups -OCH3 is 1. The number of hydrogen-bond donors (Lipinski definition) is 2. The van der Waals surface area contributed by atoms with E-state index in [4.69, 9.17) is 9.47 Å². The molecule has 8 nitrogen and oxygen atoms in total. The highest BCUT2D eigenvalue weighted by molar-refractivity contribution is 7.07. The van der Waals surface area contributed by atoms with Crippen LogP contribution in [0.25, 0.3) is 0 Å². The highest BCUT2D eigenvalue weighted by Crippen LogP contribution is 2.37. The Balaban J connectivity index is 1.83. The summed E-state index contributed by atoms with van der Waals surface area (Å²) >= 11 is 1.63. The third-order valence-corrected chi connectivity index (χ3v) is 4.81. The number of carbonyl (C=O) groups is 1. The van der Waals surface area contributed by atoms with Crippen LogP contribution in [0.15, 0.2) is 29.0 Å². The van der Waals surface area contributed by atoms with Gasteiger partial charge in [-0.25, -0.2) is 0 Å². The van der Waals surface area contributed by atoms with Gasteiger partial charge in [-0.2, -0.15) is 11.3 Å². The second kappa shape index (κ2) is 10.6. The molecular weight excluding hydrogens is 384 g/mol. The Morgan fingerprint density at radius 3 is 2.79 bits per heavy atom. The van der Waals surface area contributed by atoms with Crippen molar-refractivity contribution in [1.29, 1.82) is 0 Å². The van der Waals surface area contributed by atoms with E-state index >= 15 is 0 Å². The van der Waals surface area contributed by atoms with Crippen LogP contribution in [0.1, 0.15) is 37.0 Å². The van der Waals surface area contributed by atoms with Gasteiger partial charge in [-0.1, -0.05) is 0 Å². The van der Waals surface area contributed by atoms with Crippen LogP contribution in [0, 0.1) is 10.1 Å². The molecule has 0 fully saturated rings. The van der Waals surface area contributed by atoms with E-state index in [1.54, 1.807) is 11.3 Å². The second-order valence-corrected chi connectivity index (χ2v) is 6.96. The summed E-state index contributed by atoms with van der Waals surface area (Å²) in [4.78, 5) is 22.5. The number of aliphatic hydroxyl groups excluding tert-OH is 1. The number of benzene rings is 1. The number of ether oxygens (including phenoxy) is 2. The molecule has 0 spiro atoms. The molecule has 152 valence electrons. The van der Waals surface area contributed by atoms with Crippen LogP contribution in [0.5, 0.6) is 11.5 Å². The van der Waals surface area contributed by atoms with Crippen molar-refractivity contribution in [1.82, 2.24) is 5.32 Å². The van der Waals surface area contributed by atoms with Gasteiger partial charge in [0.05, 0.1) is 36.4 Å². The maximum atomic E-state index is 11.9. The van der Waals surface area contributed by atoms with Gasteiger partial charge in [-0.15, -0.1) is 0 Å². The average Bonchev–Trinajstić information content (AvgIpc) is 3.17. The standard InChI is InChI=1S/C19H24N2O6S/c1-13(22)15-10-17(26-2)18(11-16(15)21(24)25)27-8-3-4-19(23)20-7-5-14-6-9-28-12-14/h6,9-13,22H,3-5,7-8H2,1-2H3,(H,20,23). The van der Waals surface area contributed by atoms with Gasteiger partial charge in [0.25, 0.3) is 5.69 Å². The van der Waals surface area contributed by atoms with Crippen LogP contribution < -0.4 is 14.8 Å². The molecule has 0 saturated carbocycles. The minimum Gasteiger partial charge on any atom is -0.493 e. The number of rotatable bonds is 11. The first kappa shape index (κ1) is 21.6. The Hall–Kier alpha value is -2.65. The first-order valence-corrected chi connectivity index (χ1v) is 9.81. The van der Waals surface area contributed by atoms with E-state index in [-0.39, 0.29) is 29.5 Å². The van der Waals surface area contributed by atoms with Crippen molar-refractivity contribution in [3.63, 3.8) is 0 Å². The molecule has 1 heterocycles. The number of nitro groups is 1. The smallest absolute Gasteiger partial charge is 0.279 e. The summed E-state index contributed by atoms with van der Waals surface area (Å²) in [5.41, 5.74) is 1.11. The summed E-state index contributed by atoms with van der Waals surface area (Å²) in [6.45, 7) is 2.23. The van der Waals surface area contributed by atoms with Crippen LogP contribution in [0.3, 0.4) is 0 Å². The molecular formula is C19H24N2O6S. The predicted octanol–water partition coefficient (Wildman–Crippen LogP) is 3.24. The van der Waals surface area contributed by atoms with Crippen LogP contribution in [0.2, 0.25) is 0 Å². The number of aliphatic hydroxyl groups is 1. The molecule has 1 unspecified atom stereocenters. The van der Waals surface area contributed by atoms with E-state index in [1.165, 1.54) is 31.7 Å². The van der Waals surface area contributed by atoms with Crippen molar-refractivity contribution in [3.05, 3.63) is 50.2 Å². The zero-order valence-electron chi connectivity index (χ0n) is 15.8. The summed E-state index contributed by atoms with van der Waals surface area (Å²) in [6.07, 6.45) is 0.530. The molecule has 2 rings (SSSR count). The molecule has 1 atom stereocenters. The van der Waals surface area contributed by atoms with Gasteiger partial charge < -0.3 is 19.9 Å². The van der Waals surface area contributed by atoms with Gasteiger partial charge in [0, 0.05) is 13.0 Å². The molecule has 0 aliphatic heterocycles. The monoisotopic (exact) mass is 408 g/mol. The Labute approximate surface area is 167 Å². The van der Waals surface area contributed by atoms with Crippen LogP contribution in [-0.2, 0) is 11.2 Å². The lowest BCUT2D eigenvalue weighted by Crippen LogP contribution is -2.25. The van der Waals surface area contributed by atoms with E-state index in [0.29, 0.717) is 25.1 Å². The zero-order chi connectivity index (χ0) is 20.5. The summed E-state index contributed by atoms with van der Waals surface area (Å²) in [7, 11) is 1.42. The van der Waals surface area contributed by atoms with Gasteiger partial charge in [0.2, 0.25) is 5.91 Å². The van der Waals surface area contributed by atoms with Gasteiger partial charge in [0.15, 0.2) is 11.5 Å². The van der Waals surface area contributed by atoms with Crippen molar-refractivity contribution in [2.75, 3.05) is 20.3 Å². The van der Waals surface area contributed by atoms with Gasteiger partial charge >= 0.3 is 0 Å². The molecule has 2 aromatic rings. The number of carbonyl (C=O) groups excluding carboxylic acids is 1. The van der Waals surface area contributed by atoms with Gasteiger partial charge in [-0.05, 0) is 48.2 Å². The number of hydrogen-bond acceptors (Lipinski definition) is 7. The molecule has 0 bridgehead atoms. The summed E-state index contributed by atoms with van der Waals surface area (Å²) in [5.74, 6) is 0.430. The molecule has 2 N–H and O–H groups in total. The maximum absolute atomic E-state index is 11.9. The number of nitro benzene ring substituents is 1. The van der Waals surface area contributed by atoms with E-state index in [0.717, 1.165) is 6.42 Å². The molecule has 1 aromatic heterocycles. The number of nitrogens with one attached hydrogen (secondary N) is 1. The fourth-order valence-corrected chi connectivity index (χ4v) is 3.32. The van der Waals surface area contributed by atoms with Crippen molar-refractivity contribution < 1.29 is 24.3 Å². The minimum atomic E-state index is -1.01. The number of nitrogens with zero attached hydrogens (tertiary/aromatic N) is 1. The molecule has 1 amide bonds. The Morgan fingerprint density at radius 1 is 1.39 bits per heavy atom. The lowest BCUT2D eigenvalue weighted by molar-refractivity contribution is -0.386. The second-order valence-electron chi connectivity index (χ2n) is 6.18. The van der Waals surface area contributed by atoms with E-state index in [9.17, 15) is 20.0 Å². The third kappa shape index (κ3) is 6.21. The van der Waals surface area contributed by atoms with E-state index < -0.39 is 11.0 Å². The molecule has 0 aliphatic carbocycles. The number of amides is 1. The lowest BCUT2D eigenvalue weighted by atomic mass is 10.1. The molecule has 1 aromatic carbocycles. The lowest BCUT2D eigenvalue weighted by Gasteiger charge is -2.14. The molecule has 9 heteroatoms. The van der Waals surface area contributed by atoms with Crippen molar-refractivity contribution >= 4 is 22.9 Å². The Kier molecular flexibility index (Phi) is 8.21. The SMILES string of the molecule is COc1cc(C(C)O)c([N+](=O)[O-])cc1OCCCC(=O)NCCc1ccsc1.